The first-order valence-electron chi connectivity index (χ1n) is 7.16. The number of methoxy groups -OCH3 is 1. The summed E-state index contributed by atoms with van der Waals surface area (Å²) in [5, 5.41) is 3.57. The van der Waals surface area contributed by atoms with Gasteiger partial charge in [0.15, 0.2) is 0 Å². The molecular formula is C18H23NO. The van der Waals surface area contributed by atoms with Crippen LogP contribution in [-0.4, -0.2) is 13.7 Å². The fraction of sp³-hybridized carbons (Fsp3) is 0.333. The van der Waals surface area contributed by atoms with Gasteiger partial charge in [0.05, 0.1) is 7.11 Å². The molecule has 1 unspecified atom stereocenters. The molecular weight excluding hydrogens is 246 g/mol. The summed E-state index contributed by atoms with van der Waals surface area (Å²) in [6.07, 6.45) is 0.932. The van der Waals surface area contributed by atoms with Gasteiger partial charge in [0.2, 0.25) is 0 Å². The molecule has 2 nitrogen and oxygen atoms in total. The molecule has 106 valence electrons. The van der Waals surface area contributed by atoms with Crippen LogP contribution in [0.1, 0.15) is 29.7 Å². The monoisotopic (exact) mass is 269 g/mol. The van der Waals surface area contributed by atoms with E-state index < -0.39 is 0 Å². The maximum Gasteiger partial charge on any atom is 0.122 e. The van der Waals surface area contributed by atoms with Gasteiger partial charge in [-0.1, -0.05) is 55.0 Å². The van der Waals surface area contributed by atoms with Crippen LogP contribution in [0.2, 0.25) is 0 Å². The third-order valence-electron chi connectivity index (χ3n) is 3.51. The summed E-state index contributed by atoms with van der Waals surface area (Å²) in [6, 6.07) is 17.3. The molecule has 1 N–H and O–H groups in total. The molecule has 20 heavy (non-hydrogen) atoms. The Bertz CT molecular complexity index is 551. The molecule has 0 heterocycles. The Balaban J connectivity index is 2.25. The smallest absolute Gasteiger partial charge is 0.122 e. The van der Waals surface area contributed by atoms with Crippen LogP contribution in [0.3, 0.4) is 0 Å². The van der Waals surface area contributed by atoms with Gasteiger partial charge in [-0.05, 0) is 37.1 Å². The maximum absolute atomic E-state index is 5.46. The number of rotatable bonds is 6. The highest BCUT2D eigenvalue weighted by molar-refractivity contribution is 5.35. The van der Waals surface area contributed by atoms with Crippen molar-refractivity contribution < 1.29 is 4.74 Å². The predicted octanol–water partition coefficient (Wildman–Crippen LogP) is 3.90. The van der Waals surface area contributed by atoms with E-state index in [0.29, 0.717) is 6.04 Å². The number of para-hydroxylation sites is 1. The molecule has 0 aliphatic rings. The molecule has 1 atom stereocenters. The van der Waals surface area contributed by atoms with Gasteiger partial charge in [-0.2, -0.15) is 0 Å². The lowest BCUT2D eigenvalue weighted by atomic mass is 9.97. The number of benzene rings is 2. The second-order valence-electron chi connectivity index (χ2n) is 5.04. The SMILES string of the molecule is CCNC(Cc1ccccc1OC)c1cccc(C)c1. The Morgan fingerprint density at radius 1 is 1.10 bits per heavy atom. The van der Waals surface area contributed by atoms with Gasteiger partial charge in [-0.3, -0.25) is 0 Å². The van der Waals surface area contributed by atoms with E-state index >= 15 is 0 Å². The largest absolute Gasteiger partial charge is 0.496 e. The van der Waals surface area contributed by atoms with Crippen LogP contribution < -0.4 is 10.1 Å². The Morgan fingerprint density at radius 2 is 1.90 bits per heavy atom. The van der Waals surface area contributed by atoms with E-state index in [2.05, 4.69) is 55.6 Å². The highest BCUT2D eigenvalue weighted by Crippen LogP contribution is 2.25. The Kier molecular flexibility index (Phi) is 5.19. The lowest BCUT2D eigenvalue weighted by molar-refractivity contribution is 0.405. The molecule has 0 bridgehead atoms. The van der Waals surface area contributed by atoms with E-state index in [-0.39, 0.29) is 0 Å². The lowest BCUT2D eigenvalue weighted by Crippen LogP contribution is -2.23. The molecule has 2 aromatic rings. The molecule has 0 aliphatic heterocycles. The van der Waals surface area contributed by atoms with Crippen molar-refractivity contribution in [3.8, 4) is 5.75 Å². The van der Waals surface area contributed by atoms with Crippen molar-refractivity contribution in [2.45, 2.75) is 26.3 Å². The van der Waals surface area contributed by atoms with Gasteiger partial charge in [0.1, 0.15) is 5.75 Å². The molecule has 0 aromatic heterocycles. The molecule has 0 spiro atoms. The molecule has 2 rings (SSSR count). The number of ether oxygens (including phenoxy) is 1. The van der Waals surface area contributed by atoms with Gasteiger partial charge in [-0.15, -0.1) is 0 Å². The summed E-state index contributed by atoms with van der Waals surface area (Å²) < 4.78 is 5.46. The molecule has 2 heteroatoms. The fourth-order valence-electron chi connectivity index (χ4n) is 2.53. The van der Waals surface area contributed by atoms with Crippen LogP contribution >= 0.6 is 0 Å². The number of hydrogen-bond donors (Lipinski definition) is 1. The van der Waals surface area contributed by atoms with E-state index in [4.69, 9.17) is 4.74 Å². The lowest BCUT2D eigenvalue weighted by Gasteiger charge is -2.20. The number of hydrogen-bond acceptors (Lipinski definition) is 2. The fourth-order valence-corrected chi connectivity index (χ4v) is 2.53. The minimum Gasteiger partial charge on any atom is -0.496 e. The second kappa shape index (κ2) is 7.11. The third-order valence-corrected chi connectivity index (χ3v) is 3.51. The van der Waals surface area contributed by atoms with Crippen molar-refractivity contribution >= 4 is 0 Å². The molecule has 0 amide bonds. The van der Waals surface area contributed by atoms with Crippen molar-refractivity contribution in [3.63, 3.8) is 0 Å². The van der Waals surface area contributed by atoms with Crippen LogP contribution in [0.15, 0.2) is 48.5 Å². The first kappa shape index (κ1) is 14.6. The van der Waals surface area contributed by atoms with Gasteiger partial charge in [0, 0.05) is 6.04 Å². The first-order chi connectivity index (χ1) is 9.74. The topological polar surface area (TPSA) is 21.3 Å². The summed E-state index contributed by atoms with van der Waals surface area (Å²) in [4.78, 5) is 0. The van der Waals surface area contributed by atoms with Gasteiger partial charge < -0.3 is 10.1 Å². The molecule has 0 radical (unpaired) electrons. The van der Waals surface area contributed by atoms with Gasteiger partial charge >= 0.3 is 0 Å². The normalized spacial score (nSPS) is 12.2. The van der Waals surface area contributed by atoms with Crippen LogP contribution in [-0.2, 0) is 6.42 Å². The predicted molar refractivity (Wildman–Crippen MR) is 84.3 cm³/mol. The molecule has 0 saturated carbocycles. The summed E-state index contributed by atoms with van der Waals surface area (Å²) in [6.45, 7) is 5.23. The zero-order valence-electron chi connectivity index (χ0n) is 12.5. The zero-order valence-corrected chi connectivity index (χ0v) is 12.5. The van der Waals surface area contributed by atoms with Crippen LogP contribution in [0.4, 0.5) is 0 Å². The van der Waals surface area contributed by atoms with E-state index in [1.165, 1.54) is 16.7 Å². The number of aryl methyl sites for hydroxylation is 1. The van der Waals surface area contributed by atoms with E-state index in [1.54, 1.807) is 7.11 Å². The van der Waals surface area contributed by atoms with Crippen molar-refractivity contribution in [3.05, 3.63) is 65.2 Å². The number of likely N-dealkylation sites (N-methyl/N-ethyl adjacent to an activating group) is 1. The standard InChI is InChI=1S/C18H23NO/c1-4-19-17(15-10-7-8-14(2)12-15)13-16-9-5-6-11-18(16)20-3/h5-12,17,19H,4,13H2,1-3H3. The molecule has 2 aromatic carbocycles. The van der Waals surface area contributed by atoms with Gasteiger partial charge in [0.25, 0.3) is 0 Å². The van der Waals surface area contributed by atoms with Crippen molar-refractivity contribution in [1.29, 1.82) is 0 Å². The van der Waals surface area contributed by atoms with Crippen LogP contribution in [0, 0.1) is 6.92 Å². The second-order valence-corrected chi connectivity index (χ2v) is 5.04. The average Bonchev–Trinajstić information content (AvgIpc) is 2.47. The Morgan fingerprint density at radius 3 is 2.60 bits per heavy atom. The zero-order chi connectivity index (χ0) is 14.4. The highest BCUT2D eigenvalue weighted by Gasteiger charge is 2.13. The van der Waals surface area contributed by atoms with E-state index in [0.717, 1.165) is 18.7 Å². The minimum atomic E-state index is 0.316. The van der Waals surface area contributed by atoms with Gasteiger partial charge in [-0.25, -0.2) is 0 Å². The maximum atomic E-state index is 5.46. The summed E-state index contributed by atoms with van der Waals surface area (Å²) in [5.74, 6) is 0.961. The van der Waals surface area contributed by atoms with Crippen molar-refractivity contribution in [1.82, 2.24) is 5.32 Å². The number of nitrogens with one attached hydrogen (secondary N) is 1. The Hall–Kier alpha value is -1.80. The summed E-state index contributed by atoms with van der Waals surface area (Å²) in [7, 11) is 1.73. The molecule has 0 saturated heterocycles. The van der Waals surface area contributed by atoms with Crippen LogP contribution in [0.5, 0.6) is 5.75 Å². The third kappa shape index (κ3) is 3.61. The average molecular weight is 269 g/mol. The van der Waals surface area contributed by atoms with Crippen molar-refractivity contribution in [2.75, 3.05) is 13.7 Å². The first-order valence-corrected chi connectivity index (χ1v) is 7.16. The molecule has 0 fully saturated rings. The minimum absolute atomic E-state index is 0.316. The van der Waals surface area contributed by atoms with Crippen molar-refractivity contribution in [2.24, 2.45) is 0 Å². The van der Waals surface area contributed by atoms with Crippen LogP contribution in [0.25, 0.3) is 0 Å². The highest BCUT2D eigenvalue weighted by atomic mass is 16.5. The molecule has 0 aliphatic carbocycles. The quantitative estimate of drug-likeness (QED) is 0.859. The Labute approximate surface area is 121 Å². The van der Waals surface area contributed by atoms with E-state index in [1.807, 2.05) is 12.1 Å². The summed E-state index contributed by atoms with van der Waals surface area (Å²) >= 11 is 0. The summed E-state index contributed by atoms with van der Waals surface area (Å²) in [5.41, 5.74) is 3.87. The van der Waals surface area contributed by atoms with E-state index in [9.17, 15) is 0 Å².